The number of sulfonamides is 1. The highest BCUT2D eigenvalue weighted by atomic mass is 35.5. The van der Waals surface area contributed by atoms with E-state index >= 15 is 0 Å². The number of benzene rings is 2. The molecule has 0 radical (unpaired) electrons. The number of rotatable bonds is 3. The summed E-state index contributed by atoms with van der Waals surface area (Å²) in [5.41, 5.74) is 0.0564. The molecule has 2 aromatic carbocycles. The Morgan fingerprint density at radius 1 is 1.00 bits per heavy atom. The van der Waals surface area contributed by atoms with Gasteiger partial charge in [0.05, 0.1) is 22.8 Å². The first-order valence-electron chi connectivity index (χ1n) is 8.32. The van der Waals surface area contributed by atoms with E-state index in [2.05, 4.69) is 5.10 Å². The van der Waals surface area contributed by atoms with Gasteiger partial charge in [0.15, 0.2) is 0 Å². The fourth-order valence-corrected chi connectivity index (χ4v) is 4.83. The summed E-state index contributed by atoms with van der Waals surface area (Å²) in [4.78, 5) is -0.168. The SMILES string of the molecule is O=S(=O)(c1cc(Cl)ccc1Cl)N1CCCCC(c2ccc(C(F)(F)F)cc2)=N1. The predicted octanol–water partition coefficient (Wildman–Crippen LogP) is 5.59. The molecule has 0 aliphatic carbocycles. The van der Waals surface area contributed by atoms with Gasteiger partial charge in [-0.3, -0.25) is 0 Å². The van der Waals surface area contributed by atoms with Crippen molar-refractivity contribution < 1.29 is 21.6 Å². The number of hydrogen-bond acceptors (Lipinski definition) is 3. The molecule has 0 saturated carbocycles. The third-order valence-electron chi connectivity index (χ3n) is 4.24. The molecule has 1 heterocycles. The average molecular weight is 451 g/mol. The standard InChI is InChI=1S/C18H15Cl2F3N2O2S/c19-14-8-9-15(20)17(11-14)28(26,27)25-10-2-1-3-16(24-25)12-4-6-13(7-5-12)18(21,22)23/h4-9,11H,1-3,10H2. The van der Waals surface area contributed by atoms with Gasteiger partial charge in [0.1, 0.15) is 4.90 Å². The number of halogens is 5. The Hall–Kier alpha value is -1.77. The van der Waals surface area contributed by atoms with Crippen LogP contribution in [0.5, 0.6) is 0 Å². The molecule has 4 nitrogen and oxygen atoms in total. The van der Waals surface area contributed by atoms with Crippen molar-refractivity contribution in [2.45, 2.75) is 30.3 Å². The van der Waals surface area contributed by atoms with Gasteiger partial charge in [-0.05, 0) is 55.2 Å². The molecule has 0 aromatic heterocycles. The maximum Gasteiger partial charge on any atom is 0.416 e. The summed E-state index contributed by atoms with van der Waals surface area (Å²) in [5.74, 6) is 0. The number of hydrogen-bond donors (Lipinski definition) is 0. The molecule has 0 saturated heterocycles. The Morgan fingerprint density at radius 3 is 2.32 bits per heavy atom. The van der Waals surface area contributed by atoms with Crippen LogP contribution in [0.1, 0.15) is 30.4 Å². The minimum absolute atomic E-state index is 0.0138. The lowest BCUT2D eigenvalue weighted by Gasteiger charge is -2.19. The topological polar surface area (TPSA) is 49.7 Å². The summed E-state index contributed by atoms with van der Waals surface area (Å²) in [6, 6.07) is 8.61. The first-order valence-corrected chi connectivity index (χ1v) is 10.5. The molecule has 150 valence electrons. The second-order valence-electron chi connectivity index (χ2n) is 6.20. The van der Waals surface area contributed by atoms with Crippen LogP contribution < -0.4 is 0 Å². The van der Waals surface area contributed by atoms with Crippen molar-refractivity contribution in [3.63, 3.8) is 0 Å². The van der Waals surface area contributed by atoms with Crippen molar-refractivity contribution >= 4 is 38.9 Å². The van der Waals surface area contributed by atoms with Gasteiger partial charge in [-0.15, -0.1) is 0 Å². The van der Waals surface area contributed by atoms with Crippen LogP contribution in [0.4, 0.5) is 13.2 Å². The van der Waals surface area contributed by atoms with Crippen molar-refractivity contribution in [1.82, 2.24) is 4.41 Å². The summed E-state index contributed by atoms with van der Waals surface area (Å²) in [7, 11) is -4.06. The van der Waals surface area contributed by atoms with Crippen LogP contribution in [-0.2, 0) is 16.2 Å². The molecular formula is C18H15Cl2F3N2O2S. The number of hydrazone groups is 1. The molecule has 0 spiro atoms. The lowest BCUT2D eigenvalue weighted by Crippen LogP contribution is -2.27. The van der Waals surface area contributed by atoms with E-state index in [1.165, 1.54) is 30.3 Å². The van der Waals surface area contributed by atoms with Gasteiger partial charge in [0, 0.05) is 5.02 Å². The predicted molar refractivity (Wildman–Crippen MR) is 102 cm³/mol. The maximum absolute atomic E-state index is 13.0. The van der Waals surface area contributed by atoms with E-state index in [9.17, 15) is 21.6 Å². The van der Waals surface area contributed by atoms with Gasteiger partial charge in [-0.25, -0.2) is 0 Å². The monoisotopic (exact) mass is 450 g/mol. The minimum Gasteiger partial charge on any atom is -0.200 e. The van der Waals surface area contributed by atoms with Gasteiger partial charge >= 0.3 is 6.18 Å². The first kappa shape index (κ1) is 21.0. The summed E-state index contributed by atoms with van der Waals surface area (Å²) < 4.78 is 65.2. The Kier molecular flexibility index (Phi) is 5.93. The van der Waals surface area contributed by atoms with Crippen molar-refractivity contribution in [1.29, 1.82) is 0 Å². The minimum atomic E-state index is -4.44. The van der Waals surface area contributed by atoms with Crippen LogP contribution in [0.15, 0.2) is 52.5 Å². The molecule has 3 rings (SSSR count). The summed E-state index contributed by atoms with van der Waals surface area (Å²) in [6.07, 6.45) is -2.80. The molecule has 0 N–H and O–H groups in total. The molecule has 0 fully saturated rings. The smallest absolute Gasteiger partial charge is 0.200 e. The van der Waals surface area contributed by atoms with Crippen LogP contribution >= 0.6 is 23.2 Å². The zero-order valence-electron chi connectivity index (χ0n) is 14.4. The van der Waals surface area contributed by atoms with Gasteiger partial charge in [0.25, 0.3) is 10.0 Å². The van der Waals surface area contributed by atoms with Gasteiger partial charge in [-0.2, -0.15) is 31.1 Å². The Balaban J connectivity index is 1.99. The lowest BCUT2D eigenvalue weighted by atomic mass is 10.0. The second kappa shape index (κ2) is 7.93. The van der Waals surface area contributed by atoms with Crippen molar-refractivity contribution in [2.24, 2.45) is 5.10 Å². The molecule has 2 aromatic rings. The molecule has 0 atom stereocenters. The number of alkyl halides is 3. The Labute approximate surface area is 170 Å². The van der Waals surface area contributed by atoms with Crippen LogP contribution in [0.2, 0.25) is 10.0 Å². The van der Waals surface area contributed by atoms with Crippen molar-refractivity contribution in [3.05, 3.63) is 63.6 Å². The fraction of sp³-hybridized carbons (Fsp3) is 0.278. The first-order chi connectivity index (χ1) is 13.1. The summed E-state index contributed by atoms with van der Waals surface area (Å²) >= 11 is 11.9. The molecule has 1 aliphatic rings. The fourth-order valence-electron chi connectivity index (χ4n) is 2.79. The molecule has 0 bridgehead atoms. The third-order valence-corrected chi connectivity index (χ3v) is 6.63. The zero-order chi connectivity index (χ0) is 20.5. The van der Waals surface area contributed by atoms with Crippen molar-refractivity contribution in [3.8, 4) is 0 Å². The average Bonchev–Trinajstić information content (AvgIpc) is 2.90. The Morgan fingerprint density at radius 2 is 1.68 bits per heavy atom. The largest absolute Gasteiger partial charge is 0.416 e. The summed E-state index contributed by atoms with van der Waals surface area (Å²) in [5, 5.41) is 4.46. The number of nitrogens with zero attached hydrogens (tertiary/aromatic N) is 2. The highest BCUT2D eigenvalue weighted by molar-refractivity contribution is 7.89. The normalized spacial score (nSPS) is 15.9. The summed E-state index contributed by atoms with van der Waals surface area (Å²) in [6.45, 7) is 0.134. The van der Waals surface area contributed by atoms with Gasteiger partial charge < -0.3 is 0 Å². The van der Waals surface area contributed by atoms with E-state index in [0.717, 1.165) is 16.5 Å². The van der Waals surface area contributed by atoms with Crippen LogP contribution in [0, 0.1) is 0 Å². The zero-order valence-corrected chi connectivity index (χ0v) is 16.7. The van der Waals surface area contributed by atoms with E-state index in [0.29, 0.717) is 30.5 Å². The Bertz CT molecular complexity index is 1010. The van der Waals surface area contributed by atoms with E-state index in [-0.39, 0.29) is 21.5 Å². The molecule has 0 amide bonds. The molecule has 10 heteroatoms. The van der Waals surface area contributed by atoms with Crippen LogP contribution in [-0.4, -0.2) is 25.1 Å². The molecule has 28 heavy (non-hydrogen) atoms. The van der Waals surface area contributed by atoms with E-state index in [1.807, 2.05) is 0 Å². The van der Waals surface area contributed by atoms with Crippen molar-refractivity contribution in [2.75, 3.05) is 6.54 Å². The molecule has 1 aliphatic heterocycles. The highest BCUT2D eigenvalue weighted by Gasteiger charge is 2.31. The lowest BCUT2D eigenvalue weighted by molar-refractivity contribution is -0.137. The van der Waals surface area contributed by atoms with E-state index in [4.69, 9.17) is 23.2 Å². The van der Waals surface area contributed by atoms with E-state index < -0.39 is 21.8 Å². The highest BCUT2D eigenvalue weighted by Crippen LogP contribution is 2.31. The van der Waals surface area contributed by atoms with Gasteiger partial charge in [-0.1, -0.05) is 35.3 Å². The van der Waals surface area contributed by atoms with Gasteiger partial charge in [0.2, 0.25) is 0 Å². The third kappa shape index (κ3) is 4.45. The maximum atomic E-state index is 13.0. The molecule has 0 unspecified atom stereocenters. The second-order valence-corrected chi connectivity index (χ2v) is 8.86. The quantitative estimate of drug-likeness (QED) is 0.611. The van der Waals surface area contributed by atoms with E-state index in [1.54, 1.807) is 0 Å². The molecular weight excluding hydrogens is 436 g/mol. The van der Waals surface area contributed by atoms with Crippen LogP contribution in [0.3, 0.4) is 0 Å². The van der Waals surface area contributed by atoms with Crippen LogP contribution in [0.25, 0.3) is 0 Å².